The summed E-state index contributed by atoms with van der Waals surface area (Å²) in [5.74, 6) is 0.784. The molecule has 0 aliphatic rings. The Balaban J connectivity index is 2.93. The molecule has 98 valence electrons. The van der Waals surface area contributed by atoms with E-state index in [2.05, 4.69) is 32.8 Å². The van der Waals surface area contributed by atoms with Gasteiger partial charge < -0.3 is 5.11 Å². The molecule has 1 aromatic heterocycles. The van der Waals surface area contributed by atoms with Gasteiger partial charge in [0.2, 0.25) is 5.88 Å². The van der Waals surface area contributed by atoms with Crippen molar-refractivity contribution in [2.75, 3.05) is 0 Å². The Kier molecular flexibility index (Phi) is 5.52. The van der Waals surface area contributed by atoms with Crippen LogP contribution in [0.4, 0.5) is 0 Å². The largest absolute Gasteiger partial charge is 0.493 e. The number of aromatic hydroxyl groups is 1. The Morgan fingerprint density at radius 1 is 1.18 bits per heavy atom. The molecule has 1 rings (SSSR count). The smallest absolute Gasteiger partial charge is 0.212 e. The van der Waals surface area contributed by atoms with E-state index in [9.17, 15) is 5.11 Å². The summed E-state index contributed by atoms with van der Waals surface area (Å²) in [5.41, 5.74) is 2.14. The monoisotopic (exact) mass is 238 g/mol. The van der Waals surface area contributed by atoms with E-state index >= 15 is 0 Å². The Bertz CT molecular complexity index is 342. The Morgan fingerprint density at radius 2 is 1.82 bits per heavy atom. The summed E-state index contributed by atoms with van der Waals surface area (Å²) < 4.78 is 1.78. The van der Waals surface area contributed by atoms with Crippen molar-refractivity contribution in [2.24, 2.45) is 0 Å². The number of aryl methyl sites for hydroxylation is 1. The van der Waals surface area contributed by atoms with Gasteiger partial charge in [0.25, 0.3) is 0 Å². The van der Waals surface area contributed by atoms with E-state index in [1.54, 1.807) is 4.68 Å². The summed E-state index contributed by atoms with van der Waals surface area (Å²) in [6.07, 6.45) is 5.41. The molecular formula is C14H26N2O. The first-order chi connectivity index (χ1) is 8.11. The van der Waals surface area contributed by atoms with Crippen molar-refractivity contribution in [3.05, 3.63) is 11.3 Å². The van der Waals surface area contributed by atoms with E-state index in [1.807, 2.05) is 0 Å². The SMILES string of the molecule is CCCCc1c(C(C)C)nn(CCCC)c1O. The molecule has 1 heterocycles. The second-order valence-electron chi connectivity index (χ2n) is 5.02. The summed E-state index contributed by atoms with van der Waals surface area (Å²) in [7, 11) is 0. The van der Waals surface area contributed by atoms with Crippen LogP contribution in [-0.4, -0.2) is 14.9 Å². The zero-order valence-electron chi connectivity index (χ0n) is 11.7. The van der Waals surface area contributed by atoms with Gasteiger partial charge in [0, 0.05) is 12.1 Å². The second kappa shape index (κ2) is 6.67. The van der Waals surface area contributed by atoms with Crippen molar-refractivity contribution in [1.29, 1.82) is 0 Å². The van der Waals surface area contributed by atoms with Crippen LogP contribution < -0.4 is 0 Å². The summed E-state index contributed by atoms with van der Waals surface area (Å²) in [6, 6.07) is 0. The Morgan fingerprint density at radius 3 is 2.35 bits per heavy atom. The van der Waals surface area contributed by atoms with Crippen LogP contribution in [0.1, 0.15) is 70.6 Å². The van der Waals surface area contributed by atoms with Crippen LogP contribution in [0.5, 0.6) is 5.88 Å². The zero-order chi connectivity index (χ0) is 12.8. The first-order valence-corrected chi connectivity index (χ1v) is 6.90. The van der Waals surface area contributed by atoms with E-state index in [0.717, 1.165) is 49.9 Å². The van der Waals surface area contributed by atoms with E-state index < -0.39 is 0 Å². The van der Waals surface area contributed by atoms with Crippen LogP contribution >= 0.6 is 0 Å². The van der Waals surface area contributed by atoms with E-state index in [1.165, 1.54) is 0 Å². The van der Waals surface area contributed by atoms with Gasteiger partial charge in [-0.1, -0.05) is 40.5 Å². The highest BCUT2D eigenvalue weighted by molar-refractivity contribution is 5.32. The van der Waals surface area contributed by atoms with Gasteiger partial charge in [-0.3, -0.25) is 0 Å². The molecule has 3 nitrogen and oxygen atoms in total. The van der Waals surface area contributed by atoms with Gasteiger partial charge in [0.05, 0.1) is 5.69 Å². The number of hydrogen-bond acceptors (Lipinski definition) is 2. The minimum atomic E-state index is 0.385. The maximum absolute atomic E-state index is 10.2. The molecule has 0 saturated carbocycles. The van der Waals surface area contributed by atoms with Gasteiger partial charge in [0.15, 0.2) is 0 Å². The molecule has 0 fully saturated rings. The first kappa shape index (κ1) is 14.1. The van der Waals surface area contributed by atoms with Crippen molar-refractivity contribution in [2.45, 2.75) is 72.3 Å². The molecule has 3 heteroatoms. The lowest BCUT2D eigenvalue weighted by atomic mass is 10.0. The fraction of sp³-hybridized carbons (Fsp3) is 0.786. The molecule has 0 atom stereocenters. The van der Waals surface area contributed by atoms with Crippen molar-refractivity contribution < 1.29 is 5.11 Å². The van der Waals surface area contributed by atoms with Gasteiger partial charge in [-0.2, -0.15) is 5.10 Å². The third kappa shape index (κ3) is 3.48. The fourth-order valence-corrected chi connectivity index (χ4v) is 2.03. The highest BCUT2D eigenvalue weighted by atomic mass is 16.3. The van der Waals surface area contributed by atoms with Gasteiger partial charge in [-0.25, -0.2) is 4.68 Å². The predicted molar refractivity (Wildman–Crippen MR) is 71.5 cm³/mol. The fourth-order valence-electron chi connectivity index (χ4n) is 2.03. The standard InChI is InChI=1S/C14H26N2O/c1-5-7-9-12-13(11(3)4)15-16(14(12)17)10-8-6-2/h11,17H,5-10H2,1-4H3. The maximum atomic E-state index is 10.2. The highest BCUT2D eigenvalue weighted by Gasteiger charge is 2.18. The molecule has 0 bridgehead atoms. The predicted octanol–water partition coefficient (Wildman–Crippen LogP) is 3.85. The molecule has 1 N–H and O–H groups in total. The molecule has 0 aliphatic carbocycles. The third-order valence-corrected chi connectivity index (χ3v) is 3.10. The molecule has 0 amide bonds. The minimum absolute atomic E-state index is 0.385. The third-order valence-electron chi connectivity index (χ3n) is 3.10. The summed E-state index contributed by atoms with van der Waals surface area (Å²) in [4.78, 5) is 0. The number of unbranched alkanes of at least 4 members (excludes halogenated alkanes) is 2. The number of rotatable bonds is 7. The molecule has 0 aromatic carbocycles. The van der Waals surface area contributed by atoms with E-state index in [0.29, 0.717) is 11.8 Å². The molecule has 0 radical (unpaired) electrons. The van der Waals surface area contributed by atoms with Crippen molar-refractivity contribution in [3.63, 3.8) is 0 Å². The van der Waals surface area contributed by atoms with Crippen LogP contribution in [0.15, 0.2) is 0 Å². The van der Waals surface area contributed by atoms with Crippen molar-refractivity contribution in [3.8, 4) is 5.88 Å². The maximum Gasteiger partial charge on any atom is 0.212 e. The molecular weight excluding hydrogens is 212 g/mol. The molecule has 0 aliphatic heterocycles. The van der Waals surface area contributed by atoms with Gasteiger partial charge in [-0.05, 0) is 25.2 Å². The van der Waals surface area contributed by atoms with Crippen LogP contribution in [0.25, 0.3) is 0 Å². The highest BCUT2D eigenvalue weighted by Crippen LogP contribution is 2.28. The Labute approximate surface area is 105 Å². The average Bonchev–Trinajstić information content (AvgIpc) is 2.61. The lowest BCUT2D eigenvalue weighted by Gasteiger charge is -2.04. The first-order valence-electron chi connectivity index (χ1n) is 6.90. The Hall–Kier alpha value is -0.990. The van der Waals surface area contributed by atoms with Gasteiger partial charge in [-0.15, -0.1) is 0 Å². The topological polar surface area (TPSA) is 38.0 Å². The summed E-state index contributed by atoms with van der Waals surface area (Å²) in [6.45, 7) is 9.44. The zero-order valence-corrected chi connectivity index (χ0v) is 11.7. The molecule has 17 heavy (non-hydrogen) atoms. The van der Waals surface area contributed by atoms with Crippen LogP contribution in [-0.2, 0) is 13.0 Å². The summed E-state index contributed by atoms with van der Waals surface area (Å²) >= 11 is 0. The number of aromatic nitrogens is 2. The van der Waals surface area contributed by atoms with Gasteiger partial charge >= 0.3 is 0 Å². The van der Waals surface area contributed by atoms with Crippen LogP contribution in [0, 0.1) is 0 Å². The molecule has 0 unspecified atom stereocenters. The van der Waals surface area contributed by atoms with E-state index in [-0.39, 0.29) is 0 Å². The van der Waals surface area contributed by atoms with E-state index in [4.69, 9.17) is 0 Å². The van der Waals surface area contributed by atoms with Crippen LogP contribution in [0.3, 0.4) is 0 Å². The number of nitrogens with zero attached hydrogens (tertiary/aromatic N) is 2. The average molecular weight is 238 g/mol. The number of hydrogen-bond donors (Lipinski definition) is 1. The molecule has 0 saturated heterocycles. The minimum Gasteiger partial charge on any atom is -0.493 e. The molecule has 0 spiro atoms. The quantitative estimate of drug-likeness (QED) is 0.783. The van der Waals surface area contributed by atoms with Crippen molar-refractivity contribution >= 4 is 0 Å². The van der Waals surface area contributed by atoms with Gasteiger partial charge in [0.1, 0.15) is 0 Å². The molecule has 1 aromatic rings. The van der Waals surface area contributed by atoms with Crippen LogP contribution in [0.2, 0.25) is 0 Å². The lowest BCUT2D eigenvalue weighted by Crippen LogP contribution is -2.00. The van der Waals surface area contributed by atoms with Crippen molar-refractivity contribution in [1.82, 2.24) is 9.78 Å². The second-order valence-corrected chi connectivity index (χ2v) is 5.02. The normalized spacial score (nSPS) is 11.4. The lowest BCUT2D eigenvalue weighted by molar-refractivity contribution is 0.388. The summed E-state index contributed by atoms with van der Waals surface area (Å²) in [5, 5.41) is 14.8.